The van der Waals surface area contributed by atoms with Gasteiger partial charge in [0.2, 0.25) is 0 Å². The van der Waals surface area contributed by atoms with E-state index in [1.807, 2.05) is 0 Å². The Balaban J connectivity index is 2.73. The Morgan fingerprint density at radius 1 is 1.40 bits per heavy atom. The van der Waals surface area contributed by atoms with Crippen LogP contribution in [0.1, 0.15) is 24.0 Å². The minimum absolute atomic E-state index is 0.426. The van der Waals surface area contributed by atoms with Crippen molar-refractivity contribution in [1.29, 1.82) is 0 Å². The van der Waals surface area contributed by atoms with Gasteiger partial charge in [-0.05, 0) is 30.5 Å². The second kappa shape index (κ2) is 3.70. The lowest BCUT2D eigenvalue weighted by molar-refractivity contribution is 0.774. The van der Waals surface area contributed by atoms with Crippen molar-refractivity contribution in [1.82, 2.24) is 4.57 Å². The second-order valence-corrected chi connectivity index (χ2v) is 4.30. The third-order valence-electron chi connectivity index (χ3n) is 3.12. The number of para-hydroxylation sites is 1. The molecule has 0 aliphatic carbocycles. The van der Waals surface area contributed by atoms with Crippen LogP contribution in [0, 0.1) is 6.92 Å². The molecule has 15 heavy (non-hydrogen) atoms. The second-order valence-electron chi connectivity index (χ2n) is 4.30. The van der Waals surface area contributed by atoms with Crippen molar-refractivity contribution in [3.05, 3.63) is 35.5 Å². The Labute approximate surface area is 90.7 Å². The summed E-state index contributed by atoms with van der Waals surface area (Å²) in [4.78, 5) is 0. The normalized spacial score (nSPS) is 13.3. The maximum Gasteiger partial charge on any atom is 0.0510 e. The minimum Gasteiger partial charge on any atom is -0.350 e. The van der Waals surface area contributed by atoms with Crippen LogP contribution in [-0.4, -0.2) is 11.1 Å². The molecule has 2 N–H and O–H groups in total. The van der Waals surface area contributed by atoms with E-state index in [9.17, 15) is 0 Å². The molecule has 1 aromatic heterocycles. The Bertz CT molecular complexity index is 482. The van der Waals surface area contributed by atoms with Gasteiger partial charge in [-0.15, -0.1) is 0 Å². The van der Waals surface area contributed by atoms with Gasteiger partial charge in [-0.25, -0.2) is 0 Å². The number of nitrogens with zero attached hydrogens (tertiary/aromatic N) is 1. The summed E-state index contributed by atoms with van der Waals surface area (Å²) in [5, 5.41) is 1.34. The van der Waals surface area contributed by atoms with E-state index < -0.39 is 0 Å². The van der Waals surface area contributed by atoms with Gasteiger partial charge in [0.1, 0.15) is 0 Å². The van der Waals surface area contributed by atoms with Crippen molar-refractivity contribution in [3.8, 4) is 0 Å². The first-order chi connectivity index (χ1) is 7.15. The van der Waals surface area contributed by atoms with Crippen LogP contribution >= 0.6 is 0 Å². The van der Waals surface area contributed by atoms with Crippen LogP contribution in [0.4, 0.5) is 0 Å². The summed E-state index contributed by atoms with van der Waals surface area (Å²) < 4.78 is 2.20. The predicted octanol–water partition coefficient (Wildman–Crippen LogP) is 2.55. The molecule has 0 bridgehead atoms. The molecule has 80 valence electrons. The van der Waals surface area contributed by atoms with Gasteiger partial charge in [-0.1, -0.05) is 25.1 Å². The molecule has 0 saturated heterocycles. The number of aryl methyl sites for hydroxylation is 2. The summed E-state index contributed by atoms with van der Waals surface area (Å²) in [6.45, 7) is 5.03. The van der Waals surface area contributed by atoms with Gasteiger partial charge < -0.3 is 10.3 Å². The molecular formula is C13H18N2. The Morgan fingerprint density at radius 3 is 2.80 bits per heavy atom. The maximum absolute atomic E-state index is 5.73. The summed E-state index contributed by atoms with van der Waals surface area (Å²) in [5.41, 5.74) is 9.74. The van der Waals surface area contributed by atoms with Crippen LogP contribution in [0.15, 0.2) is 24.4 Å². The van der Waals surface area contributed by atoms with E-state index in [1.165, 1.54) is 22.0 Å². The molecule has 0 amide bonds. The van der Waals surface area contributed by atoms with Gasteiger partial charge in [-0.3, -0.25) is 0 Å². The quantitative estimate of drug-likeness (QED) is 0.797. The standard InChI is InChI=1S/C13H18N2/c1-9-5-4-6-11-12(10(2)7-14)8-15(3)13(9)11/h4-6,8,10H,7,14H2,1-3H3. The number of hydrogen-bond acceptors (Lipinski definition) is 1. The molecule has 1 atom stereocenters. The number of hydrogen-bond donors (Lipinski definition) is 1. The largest absolute Gasteiger partial charge is 0.350 e. The van der Waals surface area contributed by atoms with Crippen molar-refractivity contribution >= 4 is 10.9 Å². The zero-order valence-electron chi connectivity index (χ0n) is 9.62. The molecule has 2 nitrogen and oxygen atoms in total. The van der Waals surface area contributed by atoms with Crippen molar-refractivity contribution in [2.24, 2.45) is 12.8 Å². The van der Waals surface area contributed by atoms with Gasteiger partial charge in [-0.2, -0.15) is 0 Å². The lowest BCUT2D eigenvalue weighted by Gasteiger charge is -2.06. The fourth-order valence-corrected chi connectivity index (χ4v) is 2.22. The minimum atomic E-state index is 0.426. The molecule has 0 radical (unpaired) electrons. The Kier molecular flexibility index (Phi) is 2.53. The van der Waals surface area contributed by atoms with Crippen molar-refractivity contribution in [2.75, 3.05) is 6.54 Å². The molecule has 0 aliphatic rings. The Hall–Kier alpha value is -1.28. The summed E-state index contributed by atoms with van der Waals surface area (Å²) in [6, 6.07) is 6.45. The van der Waals surface area contributed by atoms with Gasteiger partial charge in [0.25, 0.3) is 0 Å². The van der Waals surface area contributed by atoms with E-state index in [2.05, 4.69) is 49.9 Å². The fourth-order valence-electron chi connectivity index (χ4n) is 2.22. The number of rotatable bonds is 2. The van der Waals surface area contributed by atoms with E-state index in [0.717, 1.165) is 0 Å². The van der Waals surface area contributed by atoms with Crippen molar-refractivity contribution in [3.63, 3.8) is 0 Å². The van der Waals surface area contributed by atoms with Crippen LogP contribution in [0.3, 0.4) is 0 Å². The average molecular weight is 202 g/mol. The SMILES string of the molecule is Cc1cccc2c(C(C)CN)cn(C)c12. The molecule has 0 saturated carbocycles. The van der Waals surface area contributed by atoms with Crippen LogP contribution in [0.2, 0.25) is 0 Å². The highest BCUT2D eigenvalue weighted by Gasteiger charge is 2.12. The molecule has 2 rings (SSSR count). The van der Waals surface area contributed by atoms with Gasteiger partial charge in [0.05, 0.1) is 5.52 Å². The number of fused-ring (bicyclic) bond motifs is 1. The third-order valence-corrected chi connectivity index (χ3v) is 3.12. The summed E-state index contributed by atoms with van der Waals surface area (Å²) in [6.07, 6.45) is 2.20. The first kappa shape index (κ1) is 10.2. The highest BCUT2D eigenvalue weighted by Crippen LogP contribution is 2.28. The van der Waals surface area contributed by atoms with Gasteiger partial charge >= 0.3 is 0 Å². The Morgan fingerprint density at radius 2 is 2.13 bits per heavy atom. The third kappa shape index (κ3) is 1.55. The number of benzene rings is 1. The smallest absolute Gasteiger partial charge is 0.0510 e. The molecule has 0 aliphatic heterocycles. The summed E-state index contributed by atoms with van der Waals surface area (Å²) in [7, 11) is 2.10. The molecule has 0 spiro atoms. The monoisotopic (exact) mass is 202 g/mol. The zero-order valence-corrected chi connectivity index (χ0v) is 9.62. The molecule has 2 heteroatoms. The van der Waals surface area contributed by atoms with Crippen LogP contribution < -0.4 is 5.73 Å². The zero-order chi connectivity index (χ0) is 11.0. The number of aromatic nitrogens is 1. The molecular weight excluding hydrogens is 184 g/mol. The predicted molar refractivity (Wildman–Crippen MR) is 65.1 cm³/mol. The topological polar surface area (TPSA) is 30.9 Å². The molecule has 0 fully saturated rings. The van der Waals surface area contributed by atoms with Crippen LogP contribution in [-0.2, 0) is 7.05 Å². The molecule has 1 heterocycles. The van der Waals surface area contributed by atoms with Crippen molar-refractivity contribution in [2.45, 2.75) is 19.8 Å². The number of nitrogens with two attached hydrogens (primary N) is 1. The van der Waals surface area contributed by atoms with Gasteiger partial charge in [0.15, 0.2) is 0 Å². The highest BCUT2D eigenvalue weighted by molar-refractivity contribution is 5.87. The molecule has 1 aromatic carbocycles. The van der Waals surface area contributed by atoms with E-state index in [1.54, 1.807) is 0 Å². The lowest BCUT2D eigenvalue weighted by Crippen LogP contribution is -2.08. The molecule has 2 aromatic rings. The van der Waals surface area contributed by atoms with Crippen LogP contribution in [0.5, 0.6) is 0 Å². The van der Waals surface area contributed by atoms with Crippen molar-refractivity contribution < 1.29 is 0 Å². The average Bonchev–Trinajstić information content (AvgIpc) is 2.56. The first-order valence-electron chi connectivity index (χ1n) is 5.39. The van der Waals surface area contributed by atoms with E-state index in [4.69, 9.17) is 5.73 Å². The van der Waals surface area contributed by atoms with E-state index >= 15 is 0 Å². The maximum atomic E-state index is 5.73. The van der Waals surface area contributed by atoms with Crippen LogP contribution in [0.25, 0.3) is 10.9 Å². The summed E-state index contributed by atoms with van der Waals surface area (Å²) in [5.74, 6) is 0.426. The van der Waals surface area contributed by atoms with E-state index in [-0.39, 0.29) is 0 Å². The fraction of sp³-hybridized carbons (Fsp3) is 0.385. The first-order valence-corrected chi connectivity index (χ1v) is 5.39. The molecule has 1 unspecified atom stereocenters. The summed E-state index contributed by atoms with van der Waals surface area (Å²) >= 11 is 0. The van der Waals surface area contributed by atoms with Gasteiger partial charge in [0, 0.05) is 18.6 Å². The van der Waals surface area contributed by atoms with E-state index in [0.29, 0.717) is 12.5 Å². The highest BCUT2D eigenvalue weighted by atomic mass is 14.9. The lowest BCUT2D eigenvalue weighted by atomic mass is 10.00.